The van der Waals surface area contributed by atoms with E-state index in [0.717, 1.165) is 4.90 Å². The molecule has 1 N–H and O–H groups in total. The number of esters is 1. The van der Waals surface area contributed by atoms with Gasteiger partial charge in [0.25, 0.3) is 0 Å². The number of nitrogens with one attached hydrogen (secondary N) is 1. The van der Waals surface area contributed by atoms with Crippen molar-refractivity contribution in [3.8, 4) is 0 Å². The zero-order chi connectivity index (χ0) is 19.8. The Kier molecular flexibility index (Phi) is 7.88. The number of anilines is 1. The van der Waals surface area contributed by atoms with Crippen LogP contribution in [0, 0.1) is 0 Å². The number of ether oxygens (including phenoxy) is 1. The Bertz CT molecular complexity index is 823. The van der Waals surface area contributed by atoms with Crippen molar-refractivity contribution in [1.82, 2.24) is 0 Å². The maximum Gasteiger partial charge on any atom is 0.307 e. The van der Waals surface area contributed by atoms with Crippen LogP contribution >= 0.6 is 23.4 Å². The van der Waals surface area contributed by atoms with E-state index in [2.05, 4.69) is 5.32 Å². The van der Waals surface area contributed by atoms with E-state index in [1.54, 1.807) is 37.3 Å². The molecule has 0 bridgehead atoms. The Hall–Kier alpha value is -2.31. The van der Waals surface area contributed by atoms with Crippen molar-refractivity contribution in [2.75, 3.05) is 11.1 Å². The predicted molar refractivity (Wildman–Crippen MR) is 107 cm³/mol. The van der Waals surface area contributed by atoms with E-state index in [9.17, 15) is 14.4 Å². The smallest absolute Gasteiger partial charge is 0.307 e. The highest BCUT2D eigenvalue weighted by Crippen LogP contribution is 2.27. The fourth-order valence-corrected chi connectivity index (χ4v) is 3.44. The Morgan fingerprint density at radius 3 is 2.41 bits per heavy atom. The van der Waals surface area contributed by atoms with Crippen molar-refractivity contribution in [3.05, 3.63) is 59.1 Å². The third kappa shape index (κ3) is 6.73. The number of amides is 1. The van der Waals surface area contributed by atoms with E-state index in [0.29, 0.717) is 22.0 Å². The molecule has 0 radical (unpaired) electrons. The van der Waals surface area contributed by atoms with Crippen molar-refractivity contribution in [2.24, 2.45) is 0 Å². The van der Waals surface area contributed by atoms with E-state index >= 15 is 0 Å². The second-order valence-electron chi connectivity index (χ2n) is 5.78. The van der Waals surface area contributed by atoms with Crippen molar-refractivity contribution < 1.29 is 19.1 Å². The highest BCUT2D eigenvalue weighted by Gasteiger charge is 2.19. The number of Topliss-reactive ketones (excluding diaryl/α,β-unsaturated/α-hetero) is 1. The van der Waals surface area contributed by atoms with Gasteiger partial charge in [0.2, 0.25) is 11.7 Å². The molecule has 7 heteroatoms. The summed E-state index contributed by atoms with van der Waals surface area (Å²) in [6.07, 6.45) is -0.705. The van der Waals surface area contributed by atoms with Gasteiger partial charge in [-0.2, -0.15) is 0 Å². The molecular formula is C20H20ClNO4S. The van der Waals surface area contributed by atoms with Gasteiger partial charge in [0.1, 0.15) is 0 Å². The average Bonchev–Trinajstić information content (AvgIpc) is 2.63. The Labute approximate surface area is 167 Å². The maximum atomic E-state index is 12.4. The van der Waals surface area contributed by atoms with Crippen LogP contribution < -0.4 is 5.32 Å². The number of halogens is 1. The van der Waals surface area contributed by atoms with E-state index in [-0.39, 0.29) is 18.1 Å². The number of benzene rings is 2. The first-order chi connectivity index (χ1) is 12.9. The van der Waals surface area contributed by atoms with Gasteiger partial charge in [0, 0.05) is 28.8 Å². The van der Waals surface area contributed by atoms with Gasteiger partial charge < -0.3 is 10.1 Å². The first-order valence-corrected chi connectivity index (χ1v) is 9.72. The molecule has 0 heterocycles. The van der Waals surface area contributed by atoms with Crippen LogP contribution in [0.5, 0.6) is 0 Å². The van der Waals surface area contributed by atoms with Crippen molar-refractivity contribution in [1.29, 1.82) is 0 Å². The van der Waals surface area contributed by atoms with Crippen LogP contribution in [0.15, 0.2) is 53.4 Å². The lowest BCUT2D eigenvalue weighted by molar-refractivity contribution is -0.145. The number of hydrogen-bond donors (Lipinski definition) is 1. The molecule has 0 aliphatic carbocycles. The van der Waals surface area contributed by atoms with Gasteiger partial charge in [-0.25, -0.2) is 0 Å². The van der Waals surface area contributed by atoms with Gasteiger partial charge in [0.05, 0.1) is 11.4 Å². The molecule has 2 aromatic rings. The molecule has 2 aromatic carbocycles. The Balaban J connectivity index is 1.81. The van der Waals surface area contributed by atoms with Crippen molar-refractivity contribution >= 4 is 46.7 Å². The van der Waals surface area contributed by atoms with Crippen LogP contribution in [0.4, 0.5) is 5.69 Å². The average molecular weight is 406 g/mol. The van der Waals surface area contributed by atoms with Crippen LogP contribution in [-0.2, 0) is 14.3 Å². The fraction of sp³-hybridized carbons (Fsp3) is 0.250. The van der Waals surface area contributed by atoms with Gasteiger partial charge in [-0.05, 0) is 43.3 Å². The SMILES string of the molecule is CC(=O)Nc1ccc(C(=O)C(C)OC(=O)CCSc2ccccc2Cl)cc1. The highest BCUT2D eigenvalue weighted by atomic mass is 35.5. The maximum absolute atomic E-state index is 12.4. The molecule has 1 atom stereocenters. The topological polar surface area (TPSA) is 72.5 Å². The molecule has 0 aliphatic heterocycles. The lowest BCUT2D eigenvalue weighted by Gasteiger charge is -2.13. The largest absolute Gasteiger partial charge is 0.454 e. The molecule has 27 heavy (non-hydrogen) atoms. The number of rotatable bonds is 8. The third-order valence-corrected chi connectivity index (χ3v) is 5.08. The molecule has 0 aromatic heterocycles. The normalized spacial score (nSPS) is 11.5. The number of thioether (sulfide) groups is 1. The summed E-state index contributed by atoms with van der Waals surface area (Å²) in [5.74, 6) is -0.415. The monoisotopic (exact) mass is 405 g/mol. The molecule has 1 unspecified atom stereocenters. The van der Waals surface area contributed by atoms with Crippen LogP contribution in [0.3, 0.4) is 0 Å². The second kappa shape index (κ2) is 10.1. The number of carbonyl (C=O) groups is 3. The first-order valence-electron chi connectivity index (χ1n) is 8.35. The minimum atomic E-state index is -0.880. The summed E-state index contributed by atoms with van der Waals surface area (Å²) in [6, 6.07) is 13.8. The summed E-state index contributed by atoms with van der Waals surface area (Å²) in [6.45, 7) is 2.95. The summed E-state index contributed by atoms with van der Waals surface area (Å²) in [5.41, 5.74) is 1.01. The molecule has 2 rings (SSSR count). The van der Waals surface area contributed by atoms with Crippen LogP contribution in [-0.4, -0.2) is 29.5 Å². The van der Waals surface area contributed by atoms with Crippen LogP contribution in [0.1, 0.15) is 30.6 Å². The molecule has 142 valence electrons. The molecule has 0 saturated heterocycles. The van der Waals surface area contributed by atoms with Gasteiger partial charge in [0.15, 0.2) is 6.10 Å². The van der Waals surface area contributed by atoms with Gasteiger partial charge in [-0.3, -0.25) is 14.4 Å². The van der Waals surface area contributed by atoms with Crippen LogP contribution in [0.2, 0.25) is 5.02 Å². The Morgan fingerprint density at radius 2 is 1.78 bits per heavy atom. The fourth-order valence-electron chi connectivity index (χ4n) is 2.27. The summed E-state index contributed by atoms with van der Waals surface area (Å²) in [5, 5.41) is 3.27. The quantitative estimate of drug-likeness (QED) is 0.395. The van der Waals surface area contributed by atoms with Gasteiger partial charge in [-0.15, -0.1) is 11.8 Å². The third-order valence-electron chi connectivity index (χ3n) is 3.57. The molecule has 0 fully saturated rings. The van der Waals surface area contributed by atoms with Crippen LogP contribution in [0.25, 0.3) is 0 Å². The molecule has 0 aliphatic rings. The number of carbonyl (C=O) groups excluding carboxylic acids is 3. The molecule has 0 spiro atoms. The van der Waals surface area contributed by atoms with E-state index in [1.807, 2.05) is 18.2 Å². The molecule has 1 amide bonds. The lowest BCUT2D eigenvalue weighted by atomic mass is 10.1. The zero-order valence-electron chi connectivity index (χ0n) is 15.0. The summed E-state index contributed by atoms with van der Waals surface area (Å²) < 4.78 is 5.23. The minimum Gasteiger partial charge on any atom is -0.454 e. The van der Waals surface area contributed by atoms with E-state index < -0.39 is 12.1 Å². The minimum absolute atomic E-state index is 0.176. The second-order valence-corrected chi connectivity index (χ2v) is 7.33. The van der Waals surface area contributed by atoms with Gasteiger partial charge in [-0.1, -0.05) is 23.7 Å². The highest BCUT2D eigenvalue weighted by molar-refractivity contribution is 7.99. The molecule has 5 nitrogen and oxygen atoms in total. The van der Waals surface area contributed by atoms with Gasteiger partial charge >= 0.3 is 5.97 Å². The number of hydrogen-bond acceptors (Lipinski definition) is 5. The molecule has 0 saturated carbocycles. The zero-order valence-corrected chi connectivity index (χ0v) is 16.6. The summed E-state index contributed by atoms with van der Waals surface area (Å²) in [7, 11) is 0. The predicted octanol–water partition coefficient (Wildman–Crippen LogP) is 4.60. The first kappa shape index (κ1) is 21.0. The standard InChI is InChI=1S/C20H20ClNO4S/c1-13(20(25)15-7-9-16(10-8-15)22-14(2)23)26-19(24)11-12-27-18-6-4-3-5-17(18)21/h3-10,13H,11-12H2,1-2H3,(H,22,23). The van der Waals surface area contributed by atoms with Crippen molar-refractivity contribution in [2.45, 2.75) is 31.3 Å². The Morgan fingerprint density at radius 1 is 1.11 bits per heavy atom. The summed E-state index contributed by atoms with van der Waals surface area (Å²) >= 11 is 7.53. The summed E-state index contributed by atoms with van der Waals surface area (Å²) in [4.78, 5) is 36.2. The van der Waals surface area contributed by atoms with E-state index in [1.165, 1.54) is 18.7 Å². The number of ketones is 1. The van der Waals surface area contributed by atoms with Crippen molar-refractivity contribution in [3.63, 3.8) is 0 Å². The van der Waals surface area contributed by atoms with E-state index in [4.69, 9.17) is 16.3 Å². The lowest BCUT2D eigenvalue weighted by Crippen LogP contribution is -2.24. The molecular weight excluding hydrogens is 386 g/mol.